The van der Waals surface area contributed by atoms with Gasteiger partial charge in [0, 0.05) is 51.5 Å². The maximum Gasteiger partial charge on any atom is 0.129 e. The van der Waals surface area contributed by atoms with Gasteiger partial charge in [0.2, 0.25) is 0 Å². The molecule has 3 heterocycles. The number of piperazine rings is 1. The molecule has 6 nitrogen and oxygen atoms in total. The van der Waals surface area contributed by atoms with Crippen LogP contribution in [0.3, 0.4) is 0 Å². The van der Waals surface area contributed by atoms with E-state index < -0.39 is 0 Å². The molecule has 1 fully saturated rings. The van der Waals surface area contributed by atoms with Crippen molar-refractivity contribution in [3.8, 4) is 0 Å². The van der Waals surface area contributed by atoms with E-state index in [9.17, 15) is 0 Å². The summed E-state index contributed by atoms with van der Waals surface area (Å²) in [5, 5.41) is 3.47. The van der Waals surface area contributed by atoms with Crippen molar-refractivity contribution in [1.82, 2.24) is 19.8 Å². The zero-order chi connectivity index (χ0) is 20.8. The topological polar surface area (TPSA) is 48.7 Å². The summed E-state index contributed by atoms with van der Waals surface area (Å²) in [4.78, 5) is 14.1. The molecule has 0 bridgehead atoms. The van der Waals surface area contributed by atoms with Crippen molar-refractivity contribution in [2.45, 2.75) is 38.8 Å². The van der Waals surface area contributed by atoms with Gasteiger partial charge in [-0.3, -0.25) is 9.98 Å². The molecule has 1 N–H and O–H groups in total. The first-order chi connectivity index (χ1) is 14.0. The maximum atomic E-state index is 4.63. The minimum atomic E-state index is 0.261. The monoisotopic (exact) mass is 396 g/mol. The minimum absolute atomic E-state index is 0.261. The van der Waals surface area contributed by atoms with Crippen LogP contribution in [0, 0.1) is 6.92 Å². The van der Waals surface area contributed by atoms with Crippen LogP contribution in [-0.2, 0) is 0 Å². The molecule has 1 aliphatic rings. The summed E-state index contributed by atoms with van der Waals surface area (Å²) in [6.07, 6.45) is 3.98. The van der Waals surface area contributed by atoms with E-state index in [-0.39, 0.29) is 6.04 Å². The molecule has 2 aromatic rings. The molecular weight excluding hydrogens is 360 g/mol. The number of aromatic nitrogens is 2. The highest BCUT2D eigenvalue weighted by Crippen LogP contribution is 2.26. The second kappa shape index (κ2) is 10.0. The normalized spacial score (nSPS) is 18.1. The molecule has 1 saturated heterocycles. The molecule has 2 atom stereocenters. The predicted molar refractivity (Wildman–Crippen MR) is 120 cm³/mol. The lowest BCUT2D eigenvalue weighted by atomic mass is 10.0. The van der Waals surface area contributed by atoms with Crippen molar-refractivity contribution in [3.63, 3.8) is 0 Å². The Bertz CT molecular complexity index is 850. The Morgan fingerprint density at radius 3 is 2.52 bits per heavy atom. The van der Waals surface area contributed by atoms with Crippen LogP contribution in [0.4, 0.5) is 5.82 Å². The van der Waals surface area contributed by atoms with Crippen molar-refractivity contribution in [2.24, 2.45) is 4.99 Å². The van der Waals surface area contributed by atoms with E-state index in [1.54, 1.807) is 0 Å². The third kappa shape index (κ3) is 5.06. The summed E-state index contributed by atoms with van der Waals surface area (Å²) < 4.78 is 2.42. The van der Waals surface area contributed by atoms with Gasteiger partial charge in [-0.2, -0.15) is 0 Å². The Morgan fingerprint density at radius 1 is 1.10 bits per heavy atom. The summed E-state index contributed by atoms with van der Waals surface area (Å²) in [5.41, 5.74) is 3.44. The third-order valence-electron chi connectivity index (χ3n) is 6.08. The van der Waals surface area contributed by atoms with Crippen LogP contribution in [0.1, 0.15) is 43.1 Å². The van der Waals surface area contributed by atoms with E-state index in [2.05, 4.69) is 74.8 Å². The number of pyridine rings is 2. The summed E-state index contributed by atoms with van der Waals surface area (Å²) in [5.74, 6) is 1.28. The summed E-state index contributed by atoms with van der Waals surface area (Å²) in [6, 6.07) is 11.3. The van der Waals surface area contributed by atoms with Crippen LogP contribution >= 0.6 is 0 Å². The van der Waals surface area contributed by atoms with Gasteiger partial charge in [-0.05, 0) is 64.5 Å². The minimum Gasteiger partial charge on any atom is -0.355 e. The second-order valence-electron chi connectivity index (χ2n) is 8.10. The van der Waals surface area contributed by atoms with E-state index in [1.807, 2.05) is 26.4 Å². The molecule has 0 aliphatic carbocycles. The first-order valence-electron chi connectivity index (χ1n) is 10.7. The Balaban J connectivity index is 1.81. The number of nitrogens with one attached hydrogen (secondary N) is 1. The second-order valence-corrected chi connectivity index (χ2v) is 8.10. The standard InChI is InChI=1S/C23H36N6/c1-18-8-7-13-26-23(18)20(24-3)12-11-19(2)29-21(25-4)9-6-10-22(29)28-16-14-27(5)15-17-28/h6-10,13,19-20,24H,11-12,14-17H2,1-5H3. The fourth-order valence-electron chi connectivity index (χ4n) is 4.24. The predicted octanol–water partition coefficient (Wildman–Crippen LogP) is 2.78. The number of rotatable bonds is 7. The van der Waals surface area contributed by atoms with Gasteiger partial charge in [-0.15, -0.1) is 0 Å². The number of likely N-dealkylation sites (N-methyl/N-ethyl adjacent to an activating group) is 1. The zero-order valence-corrected chi connectivity index (χ0v) is 18.6. The van der Waals surface area contributed by atoms with E-state index in [4.69, 9.17) is 0 Å². The molecule has 2 aromatic heterocycles. The molecule has 2 unspecified atom stereocenters. The fraction of sp³-hybridized carbons (Fsp3) is 0.565. The van der Waals surface area contributed by atoms with Gasteiger partial charge in [-0.1, -0.05) is 12.1 Å². The molecule has 0 spiro atoms. The van der Waals surface area contributed by atoms with Crippen LogP contribution in [0.15, 0.2) is 41.5 Å². The van der Waals surface area contributed by atoms with Gasteiger partial charge in [0.1, 0.15) is 11.3 Å². The van der Waals surface area contributed by atoms with Crippen molar-refractivity contribution in [3.05, 3.63) is 53.3 Å². The SMILES string of the molecule is CN=c1cccc(N2CCN(C)CC2)n1C(C)CCC(NC)c1ncccc1C. The molecule has 0 aromatic carbocycles. The fourth-order valence-corrected chi connectivity index (χ4v) is 4.24. The molecule has 1 aliphatic heterocycles. The Hall–Kier alpha value is -2.18. The van der Waals surface area contributed by atoms with Gasteiger partial charge in [0.15, 0.2) is 0 Å². The molecule has 0 amide bonds. The van der Waals surface area contributed by atoms with Crippen LogP contribution in [0.2, 0.25) is 0 Å². The van der Waals surface area contributed by atoms with Gasteiger partial charge < -0.3 is 19.7 Å². The smallest absolute Gasteiger partial charge is 0.129 e. The Morgan fingerprint density at radius 2 is 1.86 bits per heavy atom. The highest BCUT2D eigenvalue weighted by molar-refractivity contribution is 5.40. The van der Waals surface area contributed by atoms with Crippen molar-refractivity contribution in [1.29, 1.82) is 0 Å². The lowest BCUT2D eigenvalue weighted by Crippen LogP contribution is -2.46. The van der Waals surface area contributed by atoms with Gasteiger partial charge in [-0.25, -0.2) is 0 Å². The number of hydrogen-bond acceptors (Lipinski definition) is 5. The summed E-state index contributed by atoms with van der Waals surface area (Å²) >= 11 is 0. The van der Waals surface area contributed by atoms with Crippen molar-refractivity contribution >= 4 is 5.82 Å². The third-order valence-corrected chi connectivity index (χ3v) is 6.08. The Kier molecular flexibility index (Phi) is 7.45. The molecule has 0 saturated carbocycles. The van der Waals surface area contributed by atoms with E-state index in [1.165, 1.54) is 11.4 Å². The van der Waals surface area contributed by atoms with Crippen LogP contribution < -0.4 is 15.7 Å². The number of anilines is 1. The Labute approximate surface area is 175 Å². The van der Waals surface area contributed by atoms with Crippen molar-refractivity contribution < 1.29 is 0 Å². The first kappa shape index (κ1) is 21.5. The number of aryl methyl sites for hydroxylation is 1. The zero-order valence-electron chi connectivity index (χ0n) is 18.6. The van der Waals surface area contributed by atoms with Gasteiger partial charge in [0.05, 0.1) is 5.69 Å². The highest BCUT2D eigenvalue weighted by Gasteiger charge is 2.21. The van der Waals surface area contributed by atoms with Gasteiger partial charge >= 0.3 is 0 Å². The molecule has 0 radical (unpaired) electrons. The first-order valence-corrected chi connectivity index (χ1v) is 10.7. The molecule has 3 rings (SSSR count). The lowest BCUT2D eigenvalue weighted by molar-refractivity contribution is 0.308. The lowest BCUT2D eigenvalue weighted by Gasteiger charge is -2.36. The van der Waals surface area contributed by atoms with Crippen molar-refractivity contribution in [2.75, 3.05) is 52.2 Å². The van der Waals surface area contributed by atoms with E-state index in [0.29, 0.717) is 6.04 Å². The van der Waals surface area contributed by atoms with E-state index in [0.717, 1.165) is 50.2 Å². The van der Waals surface area contributed by atoms with Gasteiger partial charge in [0.25, 0.3) is 0 Å². The maximum absolute atomic E-state index is 4.63. The quantitative estimate of drug-likeness (QED) is 0.782. The molecule has 158 valence electrons. The number of hydrogen-bond donors (Lipinski definition) is 1. The molecule has 29 heavy (non-hydrogen) atoms. The highest BCUT2D eigenvalue weighted by atomic mass is 15.3. The number of nitrogens with zero attached hydrogens (tertiary/aromatic N) is 5. The summed E-state index contributed by atoms with van der Waals surface area (Å²) in [7, 11) is 6.12. The van der Waals surface area contributed by atoms with Crippen LogP contribution in [-0.4, -0.2) is 61.8 Å². The molecular formula is C23H36N6. The van der Waals surface area contributed by atoms with Crippen LogP contribution in [0.25, 0.3) is 0 Å². The largest absolute Gasteiger partial charge is 0.355 e. The summed E-state index contributed by atoms with van der Waals surface area (Å²) in [6.45, 7) is 8.77. The average molecular weight is 397 g/mol. The van der Waals surface area contributed by atoms with E-state index >= 15 is 0 Å². The molecule has 6 heteroatoms. The average Bonchev–Trinajstić information content (AvgIpc) is 2.75. The van der Waals surface area contributed by atoms with Crippen LogP contribution in [0.5, 0.6) is 0 Å².